The normalized spacial score (nSPS) is 15.1. The lowest BCUT2D eigenvalue weighted by atomic mass is 9.94. The Balaban J connectivity index is 2.08. The van der Waals surface area contributed by atoms with Gasteiger partial charge in [-0.2, -0.15) is 0 Å². The summed E-state index contributed by atoms with van der Waals surface area (Å²) in [6, 6.07) is 5.88. The highest BCUT2D eigenvalue weighted by Crippen LogP contribution is 2.46. The molecule has 0 saturated carbocycles. The highest BCUT2D eigenvalue weighted by atomic mass is 16.5. The van der Waals surface area contributed by atoms with Crippen LogP contribution in [-0.4, -0.2) is 15.3 Å². The van der Waals surface area contributed by atoms with Crippen molar-refractivity contribution >= 4 is 17.0 Å². The fraction of sp³-hybridized carbons (Fsp3) is 0.240. The molecule has 1 unspecified atom stereocenters. The summed E-state index contributed by atoms with van der Waals surface area (Å²) < 4.78 is 12.1. The van der Waals surface area contributed by atoms with E-state index in [9.17, 15) is 20.1 Å². The van der Waals surface area contributed by atoms with E-state index < -0.39 is 11.5 Å². The fourth-order valence-electron chi connectivity index (χ4n) is 3.67. The van der Waals surface area contributed by atoms with E-state index in [4.69, 9.17) is 9.15 Å². The first-order valence-electron chi connectivity index (χ1n) is 10.1. The van der Waals surface area contributed by atoms with E-state index in [1.165, 1.54) is 18.2 Å². The molecule has 2 heterocycles. The third-order valence-electron chi connectivity index (χ3n) is 5.09. The summed E-state index contributed by atoms with van der Waals surface area (Å²) in [4.78, 5) is 13.6. The van der Waals surface area contributed by atoms with Crippen molar-refractivity contribution in [3.63, 3.8) is 0 Å². The van der Waals surface area contributed by atoms with Gasteiger partial charge < -0.3 is 24.5 Å². The highest BCUT2D eigenvalue weighted by Gasteiger charge is 2.32. The molecule has 31 heavy (non-hydrogen) atoms. The minimum atomic E-state index is -0.752. The monoisotopic (exact) mass is 420 g/mol. The van der Waals surface area contributed by atoms with Gasteiger partial charge in [0.15, 0.2) is 0 Å². The van der Waals surface area contributed by atoms with E-state index in [2.05, 4.69) is 0 Å². The van der Waals surface area contributed by atoms with Crippen LogP contribution in [0.15, 0.2) is 51.2 Å². The van der Waals surface area contributed by atoms with Crippen LogP contribution in [0.4, 0.5) is 0 Å². The summed E-state index contributed by atoms with van der Waals surface area (Å²) in [5.74, 6) is 0.351. The van der Waals surface area contributed by atoms with Crippen LogP contribution in [-0.2, 0) is 0 Å². The molecule has 1 atom stereocenters. The topological polar surface area (TPSA) is 100 Å². The molecule has 0 spiro atoms. The first kappa shape index (κ1) is 20.6. The molecular weight excluding hydrogens is 396 g/mol. The van der Waals surface area contributed by atoms with E-state index in [1.54, 1.807) is 18.2 Å². The quantitative estimate of drug-likeness (QED) is 0.474. The number of benzene rings is 2. The maximum absolute atomic E-state index is 13.6. The smallest absolute Gasteiger partial charge is 0.204 e. The van der Waals surface area contributed by atoms with Crippen LogP contribution in [0.5, 0.6) is 23.0 Å². The van der Waals surface area contributed by atoms with Gasteiger partial charge in [-0.05, 0) is 38.0 Å². The van der Waals surface area contributed by atoms with E-state index in [0.29, 0.717) is 11.3 Å². The minimum absolute atomic E-state index is 0.0158. The van der Waals surface area contributed by atoms with Crippen molar-refractivity contribution in [1.29, 1.82) is 0 Å². The summed E-state index contributed by atoms with van der Waals surface area (Å²) in [5, 5.41) is 31.2. The molecule has 1 aliphatic rings. The van der Waals surface area contributed by atoms with Crippen molar-refractivity contribution in [2.75, 3.05) is 0 Å². The number of fused-ring (bicyclic) bond motifs is 4. The number of rotatable bonds is 3. The second-order valence-corrected chi connectivity index (χ2v) is 8.27. The standard InChI is InChI=1S/C25H24O6/c1-12(2)5-7-15-17(27)11-20-21(23(15)28)24(29)22-19(9-13(3)4)30-18-10-14(26)6-8-16(18)25(22)31-20/h5-12,19,26-28H,1-4H3/b7-5+. The number of phenols is 3. The maximum Gasteiger partial charge on any atom is 0.204 e. The molecule has 0 radical (unpaired) electrons. The second kappa shape index (κ2) is 7.54. The number of aromatic hydroxyl groups is 3. The van der Waals surface area contributed by atoms with Crippen LogP contribution in [0.1, 0.15) is 44.9 Å². The van der Waals surface area contributed by atoms with Crippen molar-refractivity contribution in [2.24, 2.45) is 5.92 Å². The van der Waals surface area contributed by atoms with E-state index in [-0.39, 0.29) is 51.0 Å². The summed E-state index contributed by atoms with van der Waals surface area (Å²) in [7, 11) is 0. The van der Waals surface area contributed by atoms with Crippen LogP contribution in [0.2, 0.25) is 0 Å². The van der Waals surface area contributed by atoms with Gasteiger partial charge >= 0.3 is 0 Å². The summed E-state index contributed by atoms with van der Waals surface area (Å²) in [6.45, 7) is 7.70. The molecule has 4 rings (SSSR count). The Morgan fingerprint density at radius 1 is 1.13 bits per heavy atom. The lowest BCUT2D eigenvalue weighted by Gasteiger charge is -2.26. The van der Waals surface area contributed by atoms with Gasteiger partial charge in [-0.25, -0.2) is 0 Å². The predicted molar refractivity (Wildman–Crippen MR) is 120 cm³/mol. The second-order valence-electron chi connectivity index (χ2n) is 8.27. The Kier molecular flexibility index (Phi) is 5.01. The molecule has 3 aromatic rings. The third kappa shape index (κ3) is 3.54. The van der Waals surface area contributed by atoms with Gasteiger partial charge in [0.25, 0.3) is 0 Å². The molecule has 1 aliphatic heterocycles. The Morgan fingerprint density at radius 3 is 2.55 bits per heavy atom. The molecule has 6 heteroatoms. The molecule has 0 aliphatic carbocycles. The van der Waals surface area contributed by atoms with Crippen molar-refractivity contribution in [2.45, 2.75) is 33.8 Å². The van der Waals surface area contributed by atoms with Crippen molar-refractivity contribution < 1.29 is 24.5 Å². The van der Waals surface area contributed by atoms with Crippen molar-refractivity contribution in [1.82, 2.24) is 0 Å². The van der Waals surface area contributed by atoms with E-state index >= 15 is 0 Å². The SMILES string of the molecule is CC(C)=CC1Oc2cc(O)ccc2-c2oc3cc(O)c(/C=C/C(C)C)c(O)c3c(=O)c21. The Hall–Kier alpha value is -3.67. The average Bonchev–Trinajstić information content (AvgIpc) is 2.66. The average molecular weight is 420 g/mol. The largest absolute Gasteiger partial charge is 0.508 e. The molecule has 3 N–H and O–H groups in total. The van der Waals surface area contributed by atoms with Crippen LogP contribution in [0.3, 0.4) is 0 Å². The van der Waals surface area contributed by atoms with Gasteiger partial charge in [-0.15, -0.1) is 0 Å². The molecule has 0 saturated heterocycles. The van der Waals surface area contributed by atoms with E-state index in [1.807, 2.05) is 33.8 Å². The molecule has 0 amide bonds. The molecule has 6 nitrogen and oxygen atoms in total. The van der Waals surface area contributed by atoms with Gasteiger partial charge in [-0.3, -0.25) is 4.79 Å². The first-order valence-corrected chi connectivity index (χ1v) is 10.1. The molecule has 2 aromatic carbocycles. The number of ether oxygens (including phenoxy) is 1. The van der Waals surface area contributed by atoms with Crippen LogP contribution in [0, 0.1) is 5.92 Å². The highest BCUT2D eigenvalue weighted by molar-refractivity contribution is 5.92. The molecule has 0 fully saturated rings. The van der Waals surface area contributed by atoms with Crippen LogP contribution >= 0.6 is 0 Å². The fourth-order valence-corrected chi connectivity index (χ4v) is 3.67. The van der Waals surface area contributed by atoms with Gasteiger partial charge in [0.1, 0.15) is 45.8 Å². The molecule has 1 aromatic heterocycles. The number of hydrogen-bond donors (Lipinski definition) is 3. The van der Waals surface area contributed by atoms with Gasteiger partial charge in [0.2, 0.25) is 5.43 Å². The summed E-state index contributed by atoms with van der Waals surface area (Å²) >= 11 is 0. The zero-order valence-corrected chi connectivity index (χ0v) is 17.8. The van der Waals surface area contributed by atoms with Gasteiger partial charge in [-0.1, -0.05) is 31.6 Å². The minimum Gasteiger partial charge on any atom is -0.508 e. The third-order valence-corrected chi connectivity index (χ3v) is 5.09. The predicted octanol–water partition coefficient (Wildman–Crippen LogP) is 5.65. The summed E-state index contributed by atoms with van der Waals surface area (Å²) in [5.41, 5.74) is 1.48. The van der Waals surface area contributed by atoms with E-state index in [0.717, 1.165) is 5.57 Å². The molecule has 0 bridgehead atoms. The molecular formula is C25H24O6. The zero-order chi connectivity index (χ0) is 22.4. The number of hydrogen-bond acceptors (Lipinski definition) is 6. The Labute approximate surface area is 179 Å². The van der Waals surface area contributed by atoms with Crippen LogP contribution in [0.25, 0.3) is 28.4 Å². The lowest BCUT2D eigenvalue weighted by Crippen LogP contribution is -2.22. The van der Waals surface area contributed by atoms with Gasteiger partial charge in [0, 0.05) is 12.1 Å². The Bertz CT molecular complexity index is 1310. The molecule has 160 valence electrons. The number of phenolic OH excluding ortho intramolecular Hbond substituents is 3. The van der Waals surface area contributed by atoms with Crippen molar-refractivity contribution in [3.05, 3.63) is 63.3 Å². The number of allylic oxidation sites excluding steroid dienone is 2. The van der Waals surface area contributed by atoms with Gasteiger partial charge in [0.05, 0.1) is 16.7 Å². The first-order chi connectivity index (χ1) is 14.7. The zero-order valence-electron chi connectivity index (χ0n) is 17.8. The maximum atomic E-state index is 13.6. The lowest BCUT2D eigenvalue weighted by molar-refractivity contribution is 0.243. The van der Waals surface area contributed by atoms with Crippen LogP contribution < -0.4 is 10.2 Å². The van der Waals surface area contributed by atoms with Crippen molar-refractivity contribution in [3.8, 4) is 34.3 Å². The Morgan fingerprint density at radius 2 is 1.87 bits per heavy atom. The summed E-state index contributed by atoms with van der Waals surface area (Å²) in [6.07, 6.45) is 4.44.